The Morgan fingerprint density at radius 1 is 1.00 bits per heavy atom. The molecule has 3 aromatic rings. The monoisotopic (exact) mass is 237 g/mol. The third kappa shape index (κ3) is 1.97. The fraction of sp³-hybridized carbons (Fsp3) is 0.125. The number of H-pyrrole nitrogens is 1. The molecule has 1 heterocycles. The van der Waals surface area contributed by atoms with E-state index in [-0.39, 0.29) is 0 Å². The Morgan fingerprint density at radius 3 is 2.56 bits per heavy atom. The summed E-state index contributed by atoms with van der Waals surface area (Å²) in [7, 11) is 1.69. The Morgan fingerprint density at radius 2 is 1.78 bits per heavy atom. The van der Waals surface area contributed by atoms with Gasteiger partial charge in [0.2, 0.25) is 0 Å². The second-order valence-electron chi connectivity index (χ2n) is 4.38. The highest BCUT2D eigenvalue weighted by Crippen LogP contribution is 2.21. The van der Waals surface area contributed by atoms with Crippen molar-refractivity contribution in [2.75, 3.05) is 7.11 Å². The standard InChI is InChI=1S/C16H15NO/c1-18-14-8-6-12(7-9-14)10-13-11-17-16-5-3-2-4-15(13)16/h2-9,11,17H,10H2,1H3. The molecule has 0 saturated carbocycles. The van der Waals surface area contributed by atoms with E-state index in [4.69, 9.17) is 4.74 Å². The maximum atomic E-state index is 5.17. The maximum absolute atomic E-state index is 5.17. The van der Waals surface area contributed by atoms with Crippen molar-refractivity contribution < 1.29 is 4.74 Å². The second-order valence-corrected chi connectivity index (χ2v) is 4.38. The Bertz CT molecular complexity index is 652. The van der Waals surface area contributed by atoms with Gasteiger partial charge in [-0.3, -0.25) is 0 Å². The van der Waals surface area contributed by atoms with Crippen molar-refractivity contribution in [1.82, 2.24) is 4.98 Å². The van der Waals surface area contributed by atoms with E-state index in [0.717, 1.165) is 12.2 Å². The molecule has 1 aromatic heterocycles. The van der Waals surface area contributed by atoms with Crippen molar-refractivity contribution in [1.29, 1.82) is 0 Å². The van der Waals surface area contributed by atoms with Crippen molar-refractivity contribution in [3.05, 3.63) is 65.9 Å². The van der Waals surface area contributed by atoms with Gasteiger partial charge in [-0.15, -0.1) is 0 Å². The van der Waals surface area contributed by atoms with Crippen LogP contribution in [-0.2, 0) is 6.42 Å². The lowest BCUT2D eigenvalue weighted by atomic mass is 10.0. The van der Waals surface area contributed by atoms with Crippen LogP contribution in [0.4, 0.5) is 0 Å². The largest absolute Gasteiger partial charge is 0.497 e. The molecule has 0 saturated heterocycles. The average Bonchev–Trinajstić information content (AvgIpc) is 2.83. The van der Waals surface area contributed by atoms with E-state index in [9.17, 15) is 0 Å². The summed E-state index contributed by atoms with van der Waals surface area (Å²) in [6, 6.07) is 16.6. The number of aromatic amines is 1. The molecule has 2 aromatic carbocycles. The Balaban J connectivity index is 1.91. The molecule has 0 aliphatic heterocycles. The van der Waals surface area contributed by atoms with E-state index in [1.807, 2.05) is 12.1 Å². The van der Waals surface area contributed by atoms with E-state index in [0.29, 0.717) is 0 Å². The Kier molecular flexibility index (Phi) is 2.77. The third-order valence-electron chi connectivity index (χ3n) is 3.23. The molecule has 0 spiro atoms. The van der Waals surface area contributed by atoms with E-state index >= 15 is 0 Å². The first-order chi connectivity index (χ1) is 8.86. The fourth-order valence-electron chi connectivity index (χ4n) is 2.24. The molecule has 2 nitrogen and oxygen atoms in total. The molecule has 0 aliphatic carbocycles. The van der Waals surface area contributed by atoms with Crippen LogP contribution < -0.4 is 4.74 Å². The van der Waals surface area contributed by atoms with E-state index in [2.05, 4.69) is 47.6 Å². The minimum absolute atomic E-state index is 0.901. The zero-order valence-corrected chi connectivity index (χ0v) is 10.3. The molecule has 1 N–H and O–H groups in total. The normalized spacial score (nSPS) is 10.7. The number of rotatable bonds is 3. The van der Waals surface area contributed by atoms with Gasteiger partial charge in [0, 0.05) is 17.1 Å². The predicted octanol–water partition coefficient (Wildman–Crippen LogP) is 3.77. The quantitative estimate of drug-likeness (QED) is 0.737. The van der Waals surface area contributed by atoms with Crippen molar-refractivity contribution in [3.8, 4) is 5.75 Å². The van der Waals surface area contributed by atoms with Crippen molar-refractivity contribution >= 4 is 10.9 Å². The molecule has 3 rings (SSSR count). The van der Waals surface area contributed by atoms with Gasteiger partial charge in [-0.25, -0.2) is 0 Å². The number of aromatic nitrogens is 1. The first-order valence-electron chi connectivity index (χ1n) is 6.05. The molecule has 18 heavy (non-hydrogen) atoms. The van der Waals surface area contributed by atoms with Gasteiger partial charge >= 0.3 is 0 Å². The first-order valence-corrected chi connectivity index (χ1v) is 6.05. The van der Waals surface area contributed by atoms with Gasteiger partial charge < -0.3 is 9.72 Å². The summed E-state index contributed by atoms with van der Waals surface area (Å²) in [6.07, 6.45) is 3.03. The van der Waals surface area contributed by atoms with Crippen LogP contribution in [-0.4, -0.2) is 12.1 Å². The lowest BCUT2D eigenvalue weighted by Gasteiger charge is -2.03. The van der Waals surface area contributed by atoms with Crippen LogP contribution in [0.1, 0.15) is 11.1 Å². The van der Waals surface area contributed by atoms with Crippen LogP contribution >= 0.6 is 0 Å². The van der Waals surface area contributed by atoms with Gasteiger partial charge in [0.1, 0.15) is 5.75 Å². The van der Waals surface area contributed by atoms with Crippen molar-refractivity contribution in [2.45, 2.75) is 6.42 Å². The molecule has 0 unspecified atom stereocenters. The molecule has 2 heteroatoms. The van der Waals surface area contributed by atoms with Crippen LogP contribution in [0.25, 0.3) is 10.9 Å². The van der Waals surface area contributed by atoms with E-state index in [1.165, 1.54) is 22.0 Å². The lowest BCUT2D eigenvalue weighted by Crippen LogP contribution is -1.88. The number of fused-ring (bicyclic) bond motifs is 1. The lowest BCUT2D eigenvalue weighted by molar-refractivity contribution is 0.414. The molecular weight excluding hydrogens is 222 g/mol. The van der Waals surface area contributed by atoms with Gasteiger partial charge in [-0.05, 0) is 35.7 Å². The molecule has 0 fully saturated rings. The summed E-state index contributed by atoms with van der Waals surface area (Å²) >= 11 is 0. The Labute approximate surface area is 106 Å². The highest BCUT2D eigenvalue weighted by molar-refractivity contribution is 5.83. The number of ether oxygens (including phenoxy) is 1. The number of hydrogen-bond donors (Lipinski definition) is 1. The van der Waals surface area contributed by atoms with Gasteiger partial charge in [-0.2, -0.15) is 0 Å². The fourth-order valence-corrected chi connectivity index (χ4v) is 2.24. The van der Waals surface area contributed by atoms with Gasteiger partial charge in [0.15, 0.2) is 0 Å². The first kappa shape index (κ1) is 10.9. The third-order valence-corrected chi connectivity index (χ3v) is 3.23. The predicted molar refractivity (Wildman–Crippen MR) is 74.1 cm³/mol. The molecule has 0 amide bonds. The molecule has 0 radical (unpaired) electrons. The average molecular weight is 237 g/mol. The van der Waals surface area contributed by atoms with Crippen LogP contribution in [0, 0.1) is 0 Å². The van der Waals surface area contributed by atoms with E-state index in [1.54, 1.807) is 7.11 Å². The number of hydrogen-bond acceptors (Lipinski definition) is 1. The SMILES string of the molecule is COc1ccc(Cc2c[nH]c3ccccc23)cc1. The molecule has 0 aliphatic rings. The molecule has 0 atom stereocenters. The zero-order valence-electron chi connectivity index (χ0n) is 10.3. The molecular formula is C16H15NO. The van der Waals surface area contributed by atoms with Crippen molar-refractivity contribution in [2.24, 2.45) is 0 Å². The van der Waals surface area contributed by atoms with Gasteiger partial charge in [0.05, 0.1) is 7.11 Å². The summed E-state index contributed by atoms with van der Waals surface area (Å²) in [6.45, 7) is 0. The summed E-state index contributed by atoms with van der Waals surface area (Å²) in [5.74, 6) is 0.901. The zero-order chi connectivity index (χ0) is 12.4. The van der Waals surface area contributed by atoms with E-state index < -0.39 is 0 Å². The smallest absolute Gasteiger partial charge is 0.118 e. The van der Waals surface area contributed by atoms with Crippen LogP contribution in [0.3, 0.4) is 0 Å². The highest BCUT2D eigenvalue weighted by atomic mass is 16.5. The van der Waals surface area contributed by atoms with Gasteiger partial charge in [0.25, 0.3) is 0 Å². The number of methoxy groups -OCH3 is 1. The Hall–Kier alpha value is -2.22. The summed E-state index contributed by atoms with van der Waals surface area (Å²) in [4.78, 5) is 3.31. The summed E-state index contributed by atoms with van der Waals surface area (Å²) < 4.78 is 5.17. The minimum Gasteiger partial charge on any atom is -0.497 e. The highest BCUT2D eigenvalue weighted by Gasteiger charge is 2.03. The second kappa shape index (κ2) is 4.57. The van der Waals surface area contributed by atoms with Crippen LogP contribution in [0.5, 0.6) is 5.75 Å². The topological polar surface area (TPSA) is 25.0 Å². The minimum atomic E-state index is 0.901. The van der Waals surface area contributed by atoms with Crippen molar-refractivity contribution in [3.63, 3.8) is 0 Å². The number of para-hydroxylation sites is 1. The maximum Gasteiger partial charge on any atom is 0.118 e. The molecule has 0 bridgehead atoms. The van der Waals surface area contributed by atoms with Crippen LogP contribution in [0.2, 0.25) is 0 Å². The summed E-state index contributed by atoms with van der Waals surface area (Å²) in [5.41, 5.74) is 3.82. The summed E-state index contributed by atoms with van der Waals surface area (Å²) in [5, 5.41) is 1.30. The molecule has 90 valence electrons. The van der Waals surface area contributed by atoms with Crippen LogP contribution in [0.15, 0.2) is 54.7 Å². The number of nitrogens with one attached hydrogen (secondary N) is 1. The van der Waals surface area contributed by atoms with Gasteiger partial charge in [-0.1, -0.05) is 30.3 Å². The number of benzene rings is 2.